The number of rotatable bonds is 5. The molecule has 0 radical (unpaired) electrons. The van der Waals surface area contributed by atoms with Crippen LogP contribution < -0.4 is 0 Å². The average Bonchev–Trinajstić information content (AvgIpc) is 2.95. The Morgan fingerprint density at radius 3 is 2.89 bits per heavy atom. The molecule has 2 rings (SSSR count). The van der Waals surface area contributed by atoms with Gasteiger partial charge in [-0.2, -0.15) is 4.31 Å². The Labute approximate surface area is 114 Å². The minimum Gasteiger partial charge on any atom is -0.393 e. The average molecular weight is 287 g/mol. The normalized spacial score (nSPS) is 22.8. The molecular weight excluding hydrogens is 266 g/mol. The van der Waals surface area contributed by atoms with E-state index in [2.05, 4.69) is 4.98 Å². The van der Waals surface area contributed by atoms with Crippen molar-refractivity contribution in [3.05, 3.63) is 12.5 Å². The fraction of sp³-hybridized carbons (Fsp3) is 0.750. The van der Waals surface area contributed by atoms with Gasteiger partial charge in [0.05, 0.1) is 12.4 Å². The first-order chi connectivity index (χ1) is 8.95. The summed E-state index contributed by atoms with van der Waals surface area (Å²) in [5, 5.41) is 9.57. The van der Waals surface area contributed by atoms with Crippen molar-refractivity contribution in [1.82, 2.24) is 13.9 Å². The maximum atomic E-state index is 12.5. The second-order valence-corrected chi connectivity index (χ2v) is 6.88. The third kappa shape index (κ3) is 2.98. The summed E-state index contributed by atoms with van der Waals surface area (Å²) in [6, 6.07) is -0.114. The molecule has 0 spiro atoms. The van der Waals surface area contributed by atoms with Crippen LogP contribution >= 0.6 is 0 Å². The zero-order valence-electron chi connectivity index (χ0n) is 11.4. The van der Waals surface area contributed by atoms with E-state index in [4.69, 9.17) is 0 Å². The molecule has 7 heteroatoms. The lowest BCUT2D eigenvalue weighted by atomic mass is 10.1. The lowest BCUT2D eigenvalue weighted by Gasteiger charge is -2.23. The summed E-state index contributed by atoms with van der Waals surface area (Å²) in [6.07, 6.45) is 4.73. The van der Waals surface area contributed by atoms with Gasteiger partial charge in [0.2, 0.25) is 0 Å². The molecule has 2 heterocycles. The van der Waals surface area contributed by atoms with Crippen molar-refractivity contribution in [2.75, 3.05) is 6.54 Å². The molecule has 1 N–H and O–H groups in total. The highest BCUT2D eigenvalue weighted by Crippen LogP contribution is 2.27. The van der Waals surface area contributed by atoms with Gasteiger partial charge in [0.1, 0.15) is 0 Å². The van der Waals surface area contributed by atoms with Gasteiger partial charge in [0.25, 0.3) is 10.0 Å². The monoisotopic (exact) mass is 287 g/mol. The molecular formula is C12H21N3O3S. The Hall–Kier alpha value is -0.920. The number of sulfonamides is 1. The Bertz CT molecular complexity index is 524. The third-order valence-corrected chi connectivity index (χ3v) is 5.32. The van der Waals surface area contributed by atoms with Crippen LogP contribution in [-0.4, -0.2) is 46.1 Å². The molecule has 1 saturated heterocycles. The van der Waals surface area contributed by atoms with Crippen molar-refractivity contribution >= 4 is 10.0 Å². The van der Waals surface area contributed by atoms with E-state index < -0.39 is 16.1 Å². The SMILES string of the molecule is CCn1cnc(S(=O)(=O)N2CCCC2CC(C)O)c1. The van der Waals surface area contributed by atoms with Gasteiger partial charge in [-0.15, -0.1) is 0 Å². The van der Waals surface area contributed by atoms with Crippen LogP contribution in [0.4, 0.5) is 0 Å². The predicted octanol–water partition coefficient (Wildman–Crippen LogP) is 0.827. The van der Waals surface area contributed by atoms with Crippen LogP contribution in [0.1, 0.15) is 33.1 Å². The smallest absolute Gasteiger partial charge is 0.262 e. The molecule has 1 aliphatic heterocycles. The van der Waals surface area contributed by atoms with Gasteiger partial charge < -0.3 is 9.67 Å². The maximum Gasteiger partial charge on any atom is 0.262 e. The molecule has 19 heavy (non-hydrogen) atoms. The van der Waals surface area contributed by atoms with Gasteiger partial charge in [-0.3, -0.25) is 0 Å². The second-order valence-electron chi connectivity index (χ2n) is 5.04. The van der Waals surface area contributed by atoms with Crippen molar-refractivity contribution in [3.8, 4) is 0 Å². The van der Waals surface area contributed by atoms with Crippen LogP contribution in [0.2, 0.25) is 0 Å². The minimum atomic E-state index is -3.53. The maximum absolute atomic E-state index is 12.5. The molecule has 0 aromatic carbocycles. The van der Waals surface area contributed by atoms with Crippen LogP contribution in [0.15, 0.2) is 17.6 Å². The van der Waals surface area contributed by atoms with Gasteiger partial charge in [0.15, 0.2) is 5.03 Å². The fourth-order valence-electron chi connectivity index (χ4n) is 2.52. The molecule has 1 aromatic rings. The van der Waals surface area contributed by atoms with E-state index >= 15 is 0 Å². The van der Waals surface area contributed by atoms with Gasteiger partial charge in [-0.25, -0.2) is 13.4 Å². The van der Waals surface area contributed by atoms with Crippen LogP contribution in [0.25, 0.3) is 0 Å². The first kappa shape index (κ1) is 14.5. The van der Waals surface area contributed by atoms with Crippen molar-refractivity contribution in [3.63, 3.8) is 0 Å². The third-order valence-electron chi connectivity index (χ3n) is 3.48. The number of nitrogens with zero attached hydrogens (tertiary/aromatic N) is 3. The molecule has 1 aliphatic rings. The number of aryl methyl sites for hydroxylation is 1. The highest BCUT2D eigenvalue weighted by atomic mass is 32.2. The van der Waals surface area contributed by atoms with Crippen LogP contribution in [0.3, 0.4) is 0 Å². The second kappa shape index (κ2) is 5.60. The Balaban J connectivity index is 2.23. The number of hydrogen-bond acceptors (Lipinski definition) is 4. The van der Waals surface area contributed by atoms with Gasteiger partial charge in [-0.1, -0.05) is 0 Å². The van der Waals surface area contributed by atoms with E-state index in [1.54, 1.807) is 17.7 Å². The van der Waals surface area contributed by atoms with Crippen LogP contribution in [0, 0.1) is 0 Å². The minimum absolute atomic E-state index is 0.104. The molecule has 108 valence electrons. The summed E-state index contributed by atoms with van der Waals surface area (Å²) in [5.41, 5.74) is 0. The van der Waals surface area contributed by atoms with Gasteiger partial charge in [-0.05, 0) is 33.1 Å². The van der Waals surface area contributed by atoms with Crippen molar-refractivity contribution < 1.29 is 13.5 Å². The predicted molar refractivity (Wildman–Crippen MR) is 71.1 cm³/mol. The number of aromatic nitrogens is 2. The largest absolute Gasteiger partial charge is 0.393 e. The lowest BCUT2D eigenvalue weighted by molar-refractivity contribution is 0.157. The number of aliphatic hydroxyl groups is 1. The molecule has 1 fully saturated rings. The summed E-state index contributed by atoms with van der Waals surface area (Å²) < 4.78 is 28.3. The molecule has 0 amide bonds. The van der Waals surface area contributed by atoms with Crippen molar-refractivity contribution in [2.45, 2.75) is 56.8 Å². The zero-order chi connectivity index (χ0) is 14.0. The summed E-state index contributed by atoms with van der Waals surface area (Å²) in [4.78, 5) is 3.99. The van der Waals surface area contributed by atoms with E-state index in [9.17, 15) is 13.5 Å². The molecule has 0 bridgehead atoms. The highest BCUT2D eigenvalue weighted by molar-refractivity contribution is 7.89. The van der Waals surface area contributed by atoms with E-state index in [1.165, 1.54) is 10.6 Å². The first-order valence-corrected chi connectivity index (χ1v) is 8.11. The standard InChI is InChI=1S/C12H21N3O3S/c1-3-14-8-12(13-9-14)19(17,18)15-6-4-5-11(15)7-10(2)16/h8-11,16H,3-7H2,1-2H3. The quantitative estimate of drug-likeness (QED) is 0.870. The van der Waals surface area contributed by atoms with E-state index in [-0.39, 0.29) is 11.1 Å². The lowest BCUT2D eigenvalue weighted by Crippen LogP contribution is -2.37. The number of hydrogen-bond donors (Lipinski definition) is 1. The molecule has 1 aromatic heterocycles. The molecule has 6 nitrogen and oxygen atoms in total. The van der Waals surface area contributed by atoms with Gasteiger partial charge in [0, 0.05) is 25.3 Å². The van der Waals surface area contributed by atoms with Crippen molar-refractivity contribution in [2.24, 2.45) is 0 Å². The Morgan fingerprint density at radius 1 is 1.58 bits per heavy atom. The first-order valence-electron chi connectivity index (χ1n) is 6.66. The van der Waals surface area contributed by atoms with E-state index in [0.717, 1.165) is 12.8 Å². The van der Waals surface area contributed by atoms with Crippen LogP contribution in [0.5, 0.6) is 0 Å². The van der Waals surface area contributed by atoms with Crippen molar-refractivity contribution in [1.29, 1.82) is 0 Å². The number of aliphatic hydroxyl groups excluding tert-OH is 1. The molecule has 2 unspecified atom stereocenters. The van der Waals surface area contributed by atoms with Crippen LogP contribution in [-0.2, 0) is 16.6 Å². The molecule has 0 aliphatic carbocycles. The molecule has 2 atom stereocenters. The molecule has 0 saturated carbocycles. The van der Waals surface area contributed by atoms with E-state index in [1.807, 2.05) is 6.92 Å². The Kier molecular flexibility index (Phi) is 4.27. The number of imidazole rings is 1. The zero-order valence-corrected chi connectivity index (χ0v) is 12.2. The highest BCUT2D eigenvalue weighted by Gasteiger charge is 2.36. The summed E-state index contributed by atoms with van der Waals surface area (Å²) in [5.74, 6) is 0. The fourth-order valence-corrected chi connectivity index (χ4v) is 4.16. The van der Waals surface area contributed by atoms with E-state index in [0.29, 0.717) is 19.5 Å². The summed E-state index contributed by atoms with van der Waals surface area (Å²) in [6.45, 7) is 4.83. The van der Waals surface area contributed by atoms with Gasteiger partial charge >= 0.3 is 0 Å². The summed E-state index contributed by atoms with van der Waals surface area (Å²) in [7, 11) is -3.53. The Morgan fingerprint density at radius 2 is 2.32 bits per heavy atom. The summed E-state index contributed by atoms with van der Waals surface area (Å²) >= 11 is 0. The topological polar surface area (TPSA) is 75.4 Å².